The predicted molar refractivity (Wildman–Crippen MR) is 61.8 cm³/mol. The molecule has 0 heterocycles. The van der Waals surface area contributed by atoms with Crippen molar-refractivity contribution >= 4 is 17.8 Å². The molecule has 1 saturated carbocycles. The highest BCUT2D eigenvalue weighted by Crippen LogP contribution is 2.32. The molecule has 0 aromatic rings. The second kappa shape index (κ2) is 5.81. The molecule has 0 aliphatic heterocycles. The minimum absolute atomic E-state index is 0.154. The first-order valence-electron chi connectivity index (χ1n) is 5.86. The maximum atomic E-state index is 11.7. The van der Waals surface area contributed by atoms with Gasteiger partial charge in [0.1, 0.15) is 0 Å². The van der Waals surface area contributed by atoms with Crippen molar-refractivity contribution in [2.24, 2.45) is 5.73 Å². The molecular formula is C11H18N2O5. The van der Waals surface area contributed by atoms with Crippen molar-refractivity contribution in [2.75, 3.05) is 0 Å². The summed E-state index contributed by atoms with van der Waals surface area (Å²) in [5.74, 6) is -2.74. The highest BCUT2D eigenvalue weighted by atomic mass is 16.4. The molecule has 5 N–H and O–H groups in total. The number of carbonyl (C=O) groups is 3. The Morgan fingerprint density at radius 1 is 1.17 bits per heavy atom. The van der Waals surface area contributed by atoms with Crippen LogP contribution in [0.2, 0.25) is 0 Å². The Bertz CT molecular complexity index is 349. The van der Waals surface area contributed by atoms with Crippen LogP contribution in [-0.2, 0) is 14.4 Å². The van der Waals surface area contributed by atoms with E-state index in [2.05, 4.69) is 5.32 Å². The van der Waals surface area contributed by atoms with Gasteiger partial charge in [-0.15, -0.1) is 0 Å². The quantitative estimate of drug-likeness (QED) is 0.517. The topological polar surface area (TPSA) is 130 Å². The number of nitrogens with two attached hydrogens (primary N) is 1. The fourth-order valence-corrected chi connectivity index (χ4v) is 2.32. The molecule has 1 aliphatic rings. The van der Waals surface area contributed by atoms with E-state index in [1.807, 2.05) is 0 Å². The molecule has 0 aromatic heterocycles. The van der Waals surface area contributed by atoms with Crippen LogP contribution in [0.4, 0.5) is 0 Å². The number of carboxylic acids is 2. The zero-order valence-electron chi connectivity index (χ0n) is 10.0. The molecule has 0 bridgehead atoms. The zero-order valence-corrected chi connectivity index (χ0v) is 10.0. The Kier molecular flexibility index (Phi) is 4.66. The Morgan fingerprint density at radius 2 is 1.72 bits per heavy atom. The summed E-state index contributed by atoms with van der Waals surface area (Å²) in [6.07, 6.45) is 2.26. The van der Waals surface area contributed by atoms with Crippen LogP contribution in [0.5, 0.6) is 0 Å². The van der Waals surface area contributed by atoms with Gasteiger partial charge in [0.2, 0.25) is 5.91 Å². The second-order valence-electron chi connectivity index (χ2n) is 4.75. The lowest BCUT2D eigenvalue weighted by atomic mass is 9.92. The van der Waals surface area contributed by atoms with E-state index in [-0.39, 0.29) is 6.42 Å². The van der Waals surface area contributed by atoms with Crippen LogP contribution in [0.3, 0.4) is 0 Å². The summed E-state index contributed by atoms with van der Waals surface area (Å²) in [6, 6.07) is -1.14. The lowest BCUT2D eigenvalue weighted by Crippen LogP contribution is -2.53. The molecule has 1 atom stereocenters. The van der Waals surface area contributed by atoms with Crippen LogP contribution in [-0.4, -0.2) is 39.6 Å². The highest BCUT2D eigenvalue weighted by molar-refractivity contribution is 5.87. The van der Waals surface area contributed by atoms with Crippen LogP contribution in [0.15, 0.2) is 0 Å². The SMILES string of the molecule is NC(CC(=O)O)C(=O)NC1(CC(=O)O)CCCC1. The number of carbonyl (C=O) groups excluding carboxylic acids is 1. The summed E-state index contributed by atoms with van der Waals surface area (Å²) in [6.45, 7) is 0. The van der Waals surface area contributed by atoms with E-state index in [1.54, 1.807) is 0 Å². The molecule has 1 fully saturated rings. The van der Waals surface area contributed by atoms with E-state index < -0.39 is 35.8 Å². The first kappa shape index (κ1) is 14.4. The first-order chi connectivity index (χ1) is 8.34. The zero-order chi connectivity index (χ0) is 13.8. The van der Waals surface area contributed by atoms with Gasteiger partial charge in [-0.25, -0.2) is 0 Å². The number of hydrogen-bond acceptors (Lipinski definition) is 4. The third-order valence-corrected chi connectivity index (χ3v) is 3.17. The Hall–Kier alpha value is -1.63. The number of carboxylic acid groups (broad SMARTS) is 2. The van der Waals surface area contributed by atoms with Gasteiger partial charge < -0.3 is 21.3 Å². The van der Waals surface area contributed by atoms with Crippen LogP contribution in [0.1, 0.15) is 38.5 Å². The van der Waals surface area contributed by atoms with Crippen LogP contribution in [0, 0.1) is 0 Å². The normalized spacial score (nSPS) is 19.2. The Balaban J connectivity index is 2.63. The molecule has 0 saturated heterocycles. The van der Waals surface area contributed by atoms with Crippen molar-refractivity contribution in [2.45, 2.75) is 50.1 Å². The second-order valence-corrected chi connectivity index (χ2v) is 4.75. The summed E-state index contributed by atoms with van der Waals surface area (Å²) in [4.78, 5) is 33.0. The molecule has 18 heavy (non-hydrogen) atoms. The van der Waals surface area contributed by atoms with Gasteiger partial charge >= 0.3 is 11.9 Å². The van der Waals surface area contributed by atoms with Gasteiger partial charge in [0.25, 0.3) is 0 Å². The van der Waals surface area contributed by atoms with Crippen molar-refractivity contribution in [3.63, 3.8) is 0 Å². The number of amides is 1. The first-order valence-corrected chi connectivity index (χ1v) is 5.86. The van der Waals surface area contributed by atoms with Gasteiger partial charge in [0.05, 0.1) is 24.4 Å². The van der Waals surface area contributed by atoms with Gasteiger partial charge in [-0.2, -0.15) is 0 Å². The maximum absolute atomic E-state index is 11.7. The molecule has 7 heteroatoms. The molecule has 1 unspecified atom stereocenters. The van der Waals surface area contributed by atoms with Crippen LogP contribution >= 0.6 is 0 Å². The minimum atomic E-state index is -1.16. The predicted octanol–water partition coefficient (Wildman–Crippen LogP) is -0.308. The number of aliphatic carboxylic acids is 2. The monoisotopic (exact) mass is 258 g/mol. The molecule has 0 aromatic carbocycles. The third-order valence-electron chi connectivity index (χ3n) is 3.17. The van der Waals surface area contributed by atoms with E-state index in [4.69, 9.17) is 15.9 Å². The van der Waals surface area contributed by atoms with Gasteiger partial charge in [-0.3, -0.25) is 14.4 Å². The summed E-state index contributed by atoms with van der Waals surface area (Å²) >= 11 is 0. The van der Waals surface area contributed by atoms with Crippen molar-refractivity contribution in [1.82, 2.24) is 5.32 Å². The lowest BCUT2D eigenvalue weighted by Gasteiger charge is -2.29. The van der Waals surface area contributed by atoms with Gasteiger partial charge in [0, 0.05) is 0 Å². The smallest absolute Gasteiger partial charge is 0.305 e. The van der Waals surface area contributed by atoms with E-state index in [1.165, 1.54) is 0 Å². The largest absolute Gasteiger partial charge is 0.481 e. The third kappa shape index (κ3) is 3.99. The molecule has 0 radical (unpaired) electrons. The fourth-order valence-electron chi connectivity index (χ4n) is 2.32. The van der Waals surface area contributed by atoms with Gasteiger partial charge in [-0.1, -0.05) is 12.8 Å². The maximum Gasteiger partial charge on any atom is 0.305 e. The number of hydrogen-bond donors (Lipinski definition) is 4. The van der Waals surface area contributed by atoms with Crippen molar-refractivity contribution < 1.29 is 24.6 Å². The van der Waals surface area contributed by atoms with E-state index in [0.29, 0.717) is 12.8 Å². The highest BCUT2D eigenvalue weighted by Gasteiger charge is 2.38. The average Bonchev–Trinajstić information content (AvgIpc) is 2.63. The summed E-state index contributed by atoms with van der Waals surface area (Å²) in [5, 5.41) is 20.0. The summed E-state index contributed by atoms with van der Waals surface area (Å²) < 4.78 is 0. The van der Waals surface area contributed by atoms with Crippen LogP contribution < -0.4 is 11.1 Å². The Labute approximate surface area is 104 Å². The average molecular weight is 258 g/mol. The van der Waals surface area contributed by atoms with Crippen LogP contribution in [0.25, 0.3) is 0 Å². The van der Waals surface area contributed by atoms with Crippen molar-refractivity contribution in [3.05, 3.63) is 0 Å². The Morgan fingerprint density at radius 3 is 2.17 bits per heavy atom. The number of nitrogens with one attached hydrogen (secondary N) is 1. The number of rotatable bonds is 6. The molecule has 1 amide bonds. The fraction of sp³-hybridized carbons (Fsp3) is 0.727. The van der Waals surface area contributed by atoms with Crippen molar-refractivity contribution in [1.29, 1.82) is 0 Å². The molecule has 1 aliphatic carbocycles. The lowest BCUT2D eigenvalue weighted by molar-refractivity contribution is -0.141. The molecule has 102 valence electrons. The molecule has 1 rings (SSSR count). The van der Waals surface area contributed by atoms with E-state index in [0.717, 1.165) is 12.8 Å². The minimum Gasteiger partial charge on any atom is -0.481 e. The van der Waals surface area contributed by atoms with Gasteiger partial charge in [-0.05, 0) is 12.8 Å². The van der Waals surface area contributed by atoms with E-state index in [9.17, 15) is 14.4 Å². The molecule has 7 nitrogen and oxygen atoms in total. The van der Waals surface area contributed by atoms with E-state index >= 15 is 0 Å². The van der Waals surface area contributed by atoms with Crippen molar-refractivity contribution in [3.8, 4) is 0 Å². The molecular weight excluding hydrogens is 240 g/mol. The summed E-state index contributed by atoms with van der Waals surface area (Å²) in [7, 11) is 0. The standard InChI is InChI=1S/C11H18N2O5/c12-7(5-8(14)15)10(18)13-11(6-9(16)17)3-1-2-4-11/h7H,1-6,12H2,(H,13,18)(H,14,15)(H,16,17). The van der Waals surface area contributed by atoms with Gasteiger partial charge in [0.15, 0.2) is 0 Å². The molecule has 0 spiro atoms. The summed E-state index contributed by atoms with van der Waals surface area (Å²) in [5.41, 5.74) is 4.68.